The number of nitrogens with two attached hydrogens (primary N) is 1. The molecule has 0 spiro atoms. The third-order valence-electron chi connectivity index (χ3n) is 4.01. The Kier molecular flexibility index (Phi) is 3.83. The summed E-state index contributed by atoms with van der Waals surface area (Å²) in [5, 5.41) is 4.99. The molecule has 2 N–H and O–H groups in total. The van der Waals surface area contributed by atoms with Crippen molar-refractivity contribution in [3.63, 3.8) is 0 Å². The van der Waals surface area contributed by atoms with Crippen LogP contribution < -0.4 is 10.5 Å². The van der Waals surface area contributed by atoms with Gasteiger partial charge in [-0.15, -0.1) is 0 Å². The first-order valence-corrected chi connectivity index (χ1v) is 8.64. The van der Waals surface area contributed by atoms with Crippen LogP contribution in [0.2, 0.25) is 5.02 Å². The van der Waals surface area contributed by atoms with E-state index in [9.17, 15) is 0 Å². The minimum absolute atomic E-state index is 0.545. The van der Waals surface area contributed by atoms with Crippen molar-refractivity contribution < 1.29 is 4.74 Å². The van der Waals surface area contributed by atoms with E-state index in [0.717, 1.165) is 26.4 Å². The molecule has 0 aromatic heterocycles. The number of fused-ring (bicyclic) bond motifs is 3. The summed E-state index contributed by atoms with van der Waals surface area (Å²) in [5.74, 6) is 1.28. The molecule has 0 aliphatic rings. The highest BCUT2D eigenvalue weighted by Gasteiger charge is 2.15. The van der Waals surface area contributed by atoms with Crippen molar-refractivity contribution in [2.45, 2.75) is 0 Å². The average Bonchev–Trinajstić information content (AvgIpc) is 2.61. The van der Waals surface area contributed by atoms with Crippen LogP contribution in [0.1, 0.15) is 0 Å². The van der Waals surface area contributed by atoms with Crippen LogP contribution in [0.3, 0.4) is 0 Å². The van der Waals surface area contributed by atoms with Gasteiger partial charge in [0.05, 0.1) is 10.2 Å². The van der Waals surface area contributed by atoms with Crippen LogP contribution in [0.5, 0.6) is 11.5 Å². The zero-order valence-corrected chi connectivity index (χ0v) is 14.9. The van der Waals surface area contributed by atoms with E-state index in [2.05, 4.69) is 34.1 Å². The van der Waals surface area contributed by atoms with E-state index in [1.807, 2.05) is 30.3 Å². The Labute approximate surface area is 152 Å². The molecule has 2 nitrogen and oxygen atoms in total. The van der Waals surface area contributed by atoms with Crippen molar-refractivity contribution in [1.82, 2.24) is 0 Å². The molecule has 0 unspecified atom stereocenters. The summed E-state index contributed by atoms with van der Waals surface area (Å²) in [7, 11) is 0. The first-order valence-electron chi connectivity index (χ1n) is 7.47. The zero-order chi connectivity index (χ0) is 16.7. The molecule has 0 radical (unpaired) electrons. The number of hydrogen-bond acceptors (Lipinski definition) is 2. The molecule has 4 aromatic carbocycles. The molecule has 4 heteroatoms. The molecule has 0 atom stereocenters. The van der Waals surface area contributed by atoms with Gasteiger partial charge in [-0.1, -0.05) is 60.1 Å². The fraction of sp³-hybridized carbons (Fsp3) is 0. The largest absolute Gasteiger partial charge is 0.453 e. The topological polar surface area (TPSA) is 35.2 Å². The molecular weight excluding hydrogens is 386 g/mol. The lowest BCUT2D eigenvalue weighted by Crippen LogP contribution is -1.94. The van der Waals surface area contributed by atoms with Crippen molar-refractivity contribution in [3.05, 3.63) is 76.2 Å². The summed E-state index contributed by atoms with van der Waals surface area (Å²) in [6.07, 6.45) is 0. The van der Waals surface area contributed by atoms with Gasteiger partial charge in [0.2, 0.25) is 0 Å². The van der Waals surface area contributed by atoms with E-state index < -0.39 is 0 Å². The molecule has 24 heavy (non-hydrogen) atoms. The van der Waals surface area contributed by atoms with E-state index in [1.165, 1.54) is 5.39 Å². The molecule has 4 rings (SSSR count). The van der Waals surface area contributed by atoms with E-state index in [-0.39, 0.29) is 0 Å². The van der Waals surface area contributed by atoms with Gasteiger partial charge in [0.15, 0.2) is 5.75 Å². The third-order valence-corrected chi connectivity index (χ3v) is 5.03. The van der Waals surface area contributed by atoms with Crippen LogP contribution in [0, 0.1) is 0 Å². The number of ether oxygens (including phenoxy) is 1. The minimum Gasteiger partial charge on any atom is -0.453 e. The molecule has 0 bridgehead atoms. The summed E-state index contributed by atoms with van der Waals surface area (Å²) >= 11 is 9.79. The van der Waals surface area contributed by atoms with Crippen molar-refractivity contribution in [2.75, 3.05) is 5.73 Å². The van der Waals surface area contributed by atoms with E-state index in [1.54, 1.807) is 18.2 Å². The first kappa shape index (κ1) is 15.3. The SMILES string of the molecule is Nc1ccc(Cl)cc1Oc1c(Br)c2ccccc2c2ccccc12. The zero-order valence-electron chi connectivity index (χ0n) is 12.6. The molecule has 0 saturated heterocycles. The lowest BCUT2D eigenvalue weighted by molar-refractivity contribution is 0.488. The maximum absolute atomic E-state index is 6.19. The number of halogens is 2. The molecule has 0 amide bonds. The second-order valence-electron chi connectivity index (χ2n) is 5.52. The Bertz CT molecular complexity index is 1080. The van der Waals surface area contributed by atoms with Gasteiger partial charge in [-0.2, -0.15) is 0 Å². The standard InChI is InChI=1S/C20H13BrClNO/c21-19-15-7-3-1-5-13(15)14-6-2-4-8-16(14)20(19)24-18-11-12(22)9-10-17(18)23/h1-11H,23H2. The molecule has 0 saturated carbocycles. The summed E-state index contributed by atoms with van der Waals surface area (Å²) in [6, 6.07) is 21.6. The lowest BCUT2D eigenvalue weighted by Gasteiger charge is -2.16. The molecule has 118 valence electrons. The van der Waals surface area contributed by atoms with Crippen molar-refractivity contribution in [1.29, 1.82) is 0 Å². The second-order valence-corrected chi connectivity index (χ2v) is 6.75. The van der Waals surface area contributed by atoms with Gasteiger partial charge in [0.25, 0.3) is 0 Å². The number of nitrogen functional groups attached to an aromatic ring is 1. The maximum atomic E-state index is 6.19. The predicted octanol–water partition coefficient (Wildman–Crippen LogP) is 6.78. The molecule has 0 aliphatic heterocycles. The normalized spacial score (nSPS) is 11.1. The highest BCUT2D eigenvalue weighted by molar-refractivity contribution is 9.10. The van der Waals surface area contributed by atoms with Gasteiger partial charge in [-0.25, -0.2) is 0 Å². The van der Waals surface area contributed by atoms with Gasteiger partial charge >= 0.3 is 0 Å². The van der Waals surface area contributed by atoms with Gasteiger partial charge < -0.3 is 10.5 Å². The van der Waals surface area contributed by atoms with E-state index >= 15 is 0 Å². The predicted molar refractivity (Wildman–Crippen MR) is 105 cm³/mol. The van der Waals surface area contributed by atoms with E-state index in [4.69, 9.17) is 22.1 Å². The lowest BCUT2D eigenvalue weighted by atomic mass is 10.0. The van der Waals surface area contributed by atoms with Crippen molar-refractivity contribution >= 4 is 54.8 Å². The van der Waals surface area contributed by atoms with Crippen molar-refractivity contribution in [3.8, 4) is 11.5 Å². The van der Waals surface area contributed by atoms with Crippen LogP contribution >= 0.6 is 27.5 Å². The third kappa shape index (κ3) is 2.50. The van der Waals surface area contributed by atoms with E-state index in [0.29, 0.717) is 16.5 Å². The fourth-order valence-electron chi connectivity index (χ4n) is 2.87. The van der Waals surface area contributed by atoms with Gasteiger partial charge in [0, 0.05) is 21.9 Å². The van der Waals surface area contributed by atoms with Crippen molar-refractivity contribution in [2.24, 2.45) is 0 Å². The Hall–Kier alpha value is -2.23. The molecular formula is C20H13BrClNO. The number of hydrogen-bond donors (Lipinski definition) is 1. The van der Waals surface area contributed by atoms with Crippen LogP contribution in [-0.4, -0.2) is 0 Å². The maximum Gasteiger partial charge on any atom is 0.151 e. The fourth-order valence-corrected chi connectivity index (χ4v) is 3.67. The summed E-state index contributed by atoms with van der Waals surface area (Å²) < 4.78 is 7.09. The Balaban J connectivity index is 2.03. The average molecular weight is 399 g/mol. The van der Waals surface area contributed by atoms with Crippen LogP contribution in [0.4, 0.5) is 5.69 Å². The van der Waals surface area contributed by atoms with Crippen LogP contribution in [0.15, 0.2) is 71.2 Å². The van der Waals surface area contributed by atoms with Crippen LogP contribution in [-0.2, 0) is 0 Å². The molecule has 4 aromatic rings. The van der Waals surface area contributed by atoms with Crippen LogP contribution in [0.25, 0.3) is 21.5 Å². The highest BCUT2D eigenvalue weighted by Crippen LogP contribution is 2.44. The summed E-state index contributed by atoms with van der Waals surface area (Å²) in [4.78, 5) is 0. The smallest absolute Gasteiger partial charge is 0.151 e. The Morgan fingerprint density at radius 3 is 2.08 bits per heavy atom. The summed E-state index contributed by atoms with van der Waals surface area (Å²) in [6.45, 7) is 0. The second kappa shape index (κ2) is 6.00. The Morgan fingerprint density at radius 1 is 0.792 bits per heavy atom. The highest BCUT2D eigenvalue weighted by atomic mass is 79.9. The number of benzene rings is 4. The number of rotatable bonds is 2. The molecule has 0 aliphatic carbocycles. The van der Waals surface area contributed by atoms with Gasteiger partial charge in [-0.05, 0) is 38.8 Å². The monoisotopic (exact) mass is 397 g/mol. The molecule has 0 fully saturated rings. The van der Waals surface area contributed by atoms with Gasteiger partial charge in [-0.3, -0.25) is 0 Å². The minimum atomic E-state index is 0.545. The quantitative estimate of drug-likeness (QED) is 0.298. The van der Waals surface area contributed by atoms with Gasteiger partial charge in [0.1, 0.15) is 5.75 Å². The summed E-state index contributed by atoms with van der Waals surface area (Å²) in [5.41, 5.74) is 6.59. The number of anilines is 1. The Morgan fingerprint density at radius 2 is 1.38 bits per heavy atom. The molecule has 0 heterocycles. The first-order chi connectivity index (χ1) is 11.6.